The van der Waals surface area contributed by atoms with Crippen molar-refractivity contribution in [1.82, 2.24) is 4.98 Å². The summed E-state index contributed by atoms with van der Waals surface area (Å²) in [6.45, 7) is 2.14. The van der Waals surface area contributed by atoms with Crippen molar-refractivity contribution in [2.24, 2.45) is 0 Å². The van der Waals surface area contributed by atoms with Crippen LogP contribution < -0.4 is 0 Å². The van der Waals surface area contributed by atoms with Crippen LogP contribution in [0.3, 0.4) is 0 Å². The molecule has 2 saturated heterocycles. The molecule has 0 unspecified atom stereocenters. The highest BCUT2D eigenvalue weighted by molar-refractivity contribution is 6.32. The molecule has 110 valence electrons. The van der Waals surface area contributed by atoms with Gasteiger partial charge in [0.2, 0.25) is 0 Å². The number of hydrogen-bond acceptors (Lipinski definition) is 4. The first-order chi connectivity index (χ1) is 10.5. The summed E-state index contributed by atoms with van der Waals surface area (Å²) in [6, 6.07) is 7.49. The Morgan fingerprint density at radius 1 is 1.45 bits per heavy atom. The largest absolute Gasteiger partial charge is 0.377 e. The number of nitrogens with zero attached hydrogens (tertiary/aromatic N) is 2. The molecule has 0 radical (unpaired) electrons. The Kier molecular flexibility index (Phi) is 2.81. The van der Waals surface area contributed by atoms with E-state index in [1.165, 1.54) is 6.92 Å². The van der Waals surface area contributed by atoms with Crippen LogP contribution in [-0.4, -0.2) is 23.5 Å². The Labute approximate surface area is 132 Å². The number of aromatic nitrogens is 1. The molecule has 1 aliphatic carbocycles. The third kappa shape index (κ3) is 1.79. The molecule has 1 aromatic heterocycles. The van der Waals surface area contributed by atoms with Gasteiger partial charge in [-0.1, -0.05) is 11.6 Å². The molecule has 0 spiro atoms. The maximum Gasteiger partial charge on any atom is 0.160 e. The van der Waals surface area contributed by atoms with E-state index in [0.717, 1.165) is 23.8 Å². The van der Waals surface area contributed by atoms with Crippen molar-refractivity contribution in [1.29, 1.82) is 5.26 Å². The van der Waals surface area contributed by atoms with Crippen LogP contribution in [0, 0.1) is 11.3 Å². The highest BCUT2D eigenvalue weighted by atomic mass is 35.5. The number of carbonyl (C=O) groups is 1. The van der Waals surface area contributed by atoms with E-state index in [1.54, 1.807) is 12.1 Å². The van der Waals surface area contributed by atoms with Crippen LogP contribution >= 0.6 is 11.6 Å². The quantitative estimate of drug-likeness (QED) is 0.797. The van der Waals surface area contributed by atoms with Crippen molar-refractivity contribution in [3.8, 4) is 6.07 Å². The Bertz CT molecular complexity index is 858. The lowest BCUT2D eigenvalue weighted by Crippen LogP contribution is -2.38. The van der Waals surface area contributed by atoms with Crippen molar-refractivity contribution in [3.05, 3.63) is 40.0 Å². The van der Waals surface area contributed by atoms with Gasteiger partial charge in [0, 0.05) is 21.4 Å². The fourth-order valence-corrected chi connectivity index (χ4v) is 3.86. The van der Waals surface area contributed by atoms with E-state index >= 15 is 0 Å². The normalized spacial score (nSPS) is 25.8. The number of benzene rings is 1. The van der Waals surface area contributed by atoms with E-state index in [-0.39, 0.29) is 11.2 Å². The molecule has 3 heterocycles. The summed E-state index contributed by atoms with van der Waals surface area (Å²) in [5, 5.41) is 10.7. The van der Waals surface area contributed by atoms with E-state index in [0.29, 0.717) is 34.5 Å². The topological polar surface area (TPSA) is 63.0 Å². The molecule has 22 heavy (non-hydrogen) atoms. The zero-order valence-corrected chi connectivity index (χ0v) is 12.8. The van der Waals surface area contributed by atoms with E-state index in [1.807, 2.05) is 6.07 Å². The fraction of sp³-hybridized carbons (Fsp3) is 0.353. The summed E-state index contributed by atoms with van der Waals surface area (Å²) in [5.74, 6) is -0.0587. The lowest BCUT2D eigenvalue weighted by atomic mass is 9.65. The molecule has 0 amide bonds. The maximum atomic E-state index is 11.9. The van der Waals surface area contributed by atoms with Gasteiger partial charge in [-0.3, -0.25) is 4.79 Å². The van der Waals surface area contributed by atoms with E-state index in [2.05, 4.69) is 11.1 Å². The van der Waals surface area contributed by atoms with Crippen LogP contribution in [0.25, 0.3) is 10.9 Å². The molecule has 3 fully saturated rings. The van der Waals surface area contributed by atoms with Gasteiger partial charge in [0.1, 0.15) is 11.8 Å². The van der Waals surface area contributed by atoms with Crippen LogP contribution in [0.4, 0.5) is 0 Å². The standard InChI is InChI=1S/C17H13ClN2O2/c1-9(21)12-2-10(18)3-15-13(12)4-14(16(7-19)20-15)17-5-11(6-17)22-8-17/h2-4,11H,5-6,8H2,1H3. The first-order valence-corrected chi connectivity index (χ1v) is 7.58. The van der Waals surface area contributed by atoms with Crippen molar-refractivity contribution < 1.29 is 9.53 Å². The van der Waals surface area contributed by atoms with Gasteiger partial charge in [0.15, 0.2) is 5.78 Å². The molecular weight excluding hydrogens is 300 g/mol. The number of ether oxygens (including phenoxy) is 1. The van der Waals surface area contributed by atoms with Gasteiger partial charge < -0.3 is 4.74 Å². The zero-order chi connectivity index (χ0) is 15.5. The van der Waals surface area contributed by atoms with E-state index in [9.17, 15) is 10.1 Å². The summed E-state index contributed by atoms with van der Waals surface area (Å²) in [6.07, 6.45) is 2.16. The monoisotopic (exact) mass is 312 g/mol. The molecule has 4 nitrogen and oxygen atoms in total. The highest BCUT2D eigenvalue weighted by Crippen LogP contribution is 2.52. The number of rotatable bonds is 2. The lowest BCUT2D eigenvalue weighted by molar-refractivity contribution is 0.101. The molecule has 3 aliphatic rings. The first-order valence-electron chi connectivity index (χ1n) is 7.20. The average molecular weight is 313 g/mol. The highest BCUT2D eigenvalue weighted by Gasteiger charge is 2.54. The molecule has 2 bridgehead atoms. The molecular formula is C17H13ClN2O2. The number of hydrogen-bond donors (Lipinski definition) is 0. The summed E-state index contributed by atoms with van der Waals surface area (Å²) in [5.41, 5.74) is 2.34. The molecule has 2 aliphatic heterocycles. The molecule has 1 saturated carbocycles. The second kappa shape index (κ2) is 4.52. The number of Topliss-reactive ketones (excluding diaryl/α,β-unsaturated/α-hetero) is 1. The van der Waals surface area contributed by atoms with Gasteiger partial charge in [0.05, 0.1) is 18.2 Å². The molecule has 5 rings (SSSR count). The second-order valence-corrected chi connectivity index (χ2v) is 6.63. The first kappa shape index (κ1) is 13.7. The van der Waals surface area contributed by atoms with E-state index < -0.39 is 0 Å². The van der Waals surface area contributed by atoms with Gasteiger partial charge in [0.25, 0.3) is 0 Å². The third-order valence-corrected chi connectivity index (χ3v) is 5.01. The molecule has 5 heteroatoms. The number of pyridine rings is 1. The summed E-state index contributed by atoms with van der Waals surface area (Å²) in [7, 11) is 0. The number of halogens is 1. The van der Waals surface area contributed by atoms with Crippen LogP contribution in [0.1, 0.15) is 41.4 Å². The minimum atomic E-state index is -0.107. The lowest BCUT2D eigenvalue weighted by Gasteiger charge is -2.36. The van der Waals surface area contributed by atoms with Crippen LogP contribution in [0.2, 0.25) is 5.02 Å². The zero-order valence-electron chi connectivity index (χ0n) is 12.0. The Balaban J connectivity index is 2.01. The minimum Gasteiger partial charge on any atom is -0.377 e. The number of carbonyl (C=O) groups excluding carboxylic acids is 1. The maximum absolute atomic E-state index is 11.9. The van der Waals surface area contributed by atoms with Gasteiger partial charge in [-0.2, -0.15) is 5.26 Å². The second-order valence-electron chi connectivity index (χ2n) is 6.19. The molecule has 2 aromatic rings. The van der Waals surface area contributed by atoms with Crippen molar-refractivity contribution in [2.45, 2.75) is 31.3 Å². The predicted octanol–water partition coefficient (Wildman–Crippen LogP) is 3.39. The van der Waals surface area contributed by atoms with Crippen molar-refractivity contribution >= 4 is 28.3 Å². The SMILES string of the molecule is CC(=O)c1cc(Cl)cc2nc(C#N)c(C34COC(C3)C4)cc12. The van der Waals surface area contributed by atoms with E-state index in [4.69, 9.17) is 16.3 Å². The fourth-order valence-electron chi connectivity index (χ4n) is 3.64. The smallest absolute Gasteiger partial charge is 0.160 e. The van der Waals surface area contributed by atoms with Gasteiger partial charge >= 0.3 is 0 Å². The van der Waals surface area contributed by atoms with Crippen molar-refractivity contribution in [2.75, 3.05) is 6.61 Å². The van der Waals surface area contributed by atoms with Gasteiger partial charge in [-0.15, -0.1) is 0 Å². The summed E-state index contributed by atoms with van der Waals surface area (Å²) < 4.78 is 5.67. The summed E-state index contributed by atoms with van der Waals surface area (Å²) >= 11 is 6.07. The molecule has 1 aromatic carbocycles. The molecule has 0 atom stereocenters. The van der Waals surface area contributed by atoms with Crippen LogP contribution in [0.5, 0.6) is 0 Å². The third-order valence-electron chi connectivity index (χ3n) is 4.79. The number of ketones is 1. The molecule has 0 N–H and O–H groups in total. The van der Waals surface area contributed by atoms with Gasteiger partial charge in [-0.25, -0.2) is 4.98 Å². The van der Waals surface area contributed by atoms with Gasteiger partial charge in [-0.05, 0) is 43.5 Å². The van der Waals surface area contributed by atoms with Crippen LogP contribution in [0.15, 0.2) is 18.2 Å². The Morgan fingerprint density at radius 2 is 2.23 bits per heavy atom. The Hall–Kier alpha value is -1.96. The van der Waals surface area contributed by atoms with Crippen LogP contribution in [-0.2, 0) is 10.2 Å². The number of fused-ring (bicyclic) bond motifs is 2. The minimum absolute atomic E-state index is 0.0587. The number of nitriles is 1. The summed E-state index contributed by atoms with van der Waals surface area (Å²) in [4.78, 5) is 16.4. The Morgan fingerprint density at radius 3 is 2.82 bits per heavy atom. The predicted molar refractivity (Wildman–Crippen MR) is 82.1 cm³/mol. The van der Waals surface area contributed by atoms with Crippen molar-refractivity contribution in [3.63, 3.8) is 0 Å². The average Bonchev–Trinajstić information content (AvgIpc) is 3.05.